The summed E-state index contributed by atoms with van der Waals surface area (Å²) in [6.07, 6.45) is 8.92. The molecule has 0 aromatic carbocycles. The van der Waals surface area contributed by atoms with Crippen molar-refractivity contribution in [3.63, 3.8) is 0 Å². The summed E-state index contributed by atoms with van der Waals surface area (Å²) in [5, 5.41) is 8.25. The van der Waals surface area contributed by atoms with Gasteiger partial charge in [0.15, 0.2) is 5.65 Å². The Morgan fingerprint density at radius 3 is 2.67 bits per heavy atom. The number of rotatable bonds is 7. The molecule has 0 atom stereocenters. The highest BCUT2D eigenvalue weighted by Gasteiger charge is 2.28. The molecular formula is C26H27N7O3. The summed E-state index contributed by atoms with van der Waals surface area (Å²) in [6, 6.07) is 9.68. The normalized spacial score (nSPS) is 16.4. The van der Waals surface area contributed by atoms with Gasteiger partial charge in [0.1, 0.15) is 12.3 Å². The number of furan rings is 1. The molecule has 1 aliphatic heterocycles. The van der Waals surface area contributed by atoms with Crippen LogP contribution < -0.4 is 5.32 Å². The lowest BCUT2D eigenvalue weighted by Gasteiger charge is -2.34. The molecule has 1 aliphatic carbocycles. The molecule has 36 heavy (non-hydrogen) atoms. The predicted octanol–water partition coefficient (Wildman–Crippen LogP) is 2.17. The van der Waals surface area contributed by atoms with Crippen molar-refractivity contribution < 1.29 is 14.0 Å². The van der Waals surface area contributed by atoms with E-state index in [0.29, 0.717) is 67.6 Å². The van der Waals surface area contributed by atoms with Crippen molar-refractivity contribution in [1.82, 2.24) is 34.9 Å². The quantitative estimate of drug-likeness (QED) is 0.427. The maximum atomic E-state index is 13.7. The van der Waals surface area contributed by atoms with E-state index in [9.17, 15) is 9.59 Å². The van der Waals surface area contributed by atoms with Crippen molar-refractivity contribution >= 4 is 22.8 Å². The Morgan fingerprint density at radius 1 is 1.08 bits per heavy atom. The summed E-state index contributed by atoms with van der Waals surface area (Å²) in [7, 11) is 0. The number of pyridine rings is 2. The topological polar surface area (TPSA) is 109 Å². The van der Waals surface area contributed by atoms with Crippen molar-refractivity contribution in [2.75, 3.05) is 32.7 Å². The van der Waals surface area contributed by atoms with Crippen LogP contribution in [-0.4, -0.2) is 80.1 Å². The number of fused-ring (bicyclic) bond motifs is 1. The first-order chi connectivity index (χ1) is 17.6. The summed E-state index contributed by atoms with van der Waals surface area (Å²) in [5.41, 5.74) is 2.66. The molecular weight excluding hydrogens is 458 g/mol. The molecule has 10 nitrogen and oxygen atoms in total. The lowest BCUT2D eigenvalue weighted by molar-refractivity contribution is -0.122. The fourth-order valence-corrected chi connectivity index (χ4v) is 4.54. The lowest BCUT2D eigenvalue weighted by Crippen LogP contribution is -2.51. The molecule has 4 aromatic heterocycles. The Morgan fingerprint density at radius 2 is 1.94 bits per heavy atom. The molecule has 0 radical (unpaired) electrons. The molecule has 0 unspecified atom stereocenters. The van der Waals surface area contributed by atoms with E-state index in [1.165, 1.54) is 0 Å². The Labute approximate surface area is 207 Å². The zero-order chi connectivity index (χ0) is 24.5. The van der Waals surface area contributed by atoms with Crippen LogP contribution in [0.2, 0.25) is 0 Å². The number of hydrogen-bond donors (Lipinski definition) is 1. The van der Waals surface area contributed by atoms with Crippen molar-refractivity contribution in [2.45, 2.75) is 25.4 Å². The number of aromatic nitrogens is 4. The number of piperazine rings is 1. The number of carbonyl (C=O) groups excluding carboxylic acids is 2. The molecule has 2 fully saturated rings. The summed E-state index contributed by atoms with van der Waals surface area (Å²) >= 11 is 0. The minimum Gasteiger partial charge on any atom is -0.467 e. The van der Waals surface area contributed by atoms with E-state index in [1.54, 1.807) is 29.5 Å². The first-order valence-electron chi connectivity index (χ1n) is 12.2. The third-order valence-electron chi connectivity index (χ3n) is 6.65. The predicted molar refractivity (Wildman–Crippen MR) is 132 cm³/mol. The van der Waals surface area contributed by atoms with Gasteiger partial charge in [-0.2, -0.15) is 5.10 Å². The molecule has 4 aromatic rings. The van der Waals surface area contributed by atoms with Crippen LogP contribution >= 0.6 is 0 Å². The van der Waals surface area contributed by atoms with Crippen LogP contribution in [0, 0.1) is 0 Å². The minimum absolute atomic E-state index is 0.0628. The summed E-state index contributed by atoms with van der Waals surface area (Å²) < 4.78 is 7.25. The Bertz CT molecular complexity index is 1370. The molecule has 10 heteroatoms. The molecule has 0 bridgehead atoms. The van der Waals surface area contributed by atoms with Crippen LogP contribution in [0.4, 0.5) is 0 Å². The molecule has 5 heterocycles. The summed E-state index contributed by atoms with van der Waals surface area (Å²) in [4.78, 5) is 38.9. The van der Waals surface area contributed by atoms with Crippen molar-refractivity contribution in [3.8, 4) is 11.3 Å². The first-order valence-corrected chi connectivity index (χ1v) is 12.2. The van der Waals surface area contributed by atoms with Gasteiger partial charge >= 0.3 is 0 Å². The van der Waals surface area contributed by atoms with E-state index < -0.39 is 0 Å². The number of carbonyl (C=O) groups is 2. The molecule has 2 amide bonds. The SMILES string of the molecule is O=C(CN1CCN(C(=O)c2cc(-c3cccnc3)nc3c2cnn3Cc2ccco2)CC1)NC1CC1. The van der Waals surface area contributed by atoms with Gasteiger partial charge in [0.2, 0.25) is 5.91 Å². The average Bonchev–Trinajstić information content (AvgIpc) is 3.39. The van der Waals surface area contributed by atoms with Crippen molar-refractivity contribution in [1.29, 1.82) is 0 Å². The molecule has 0 spiro atoms. The smallest absolute Gasteiger partial charge is 0.254 e. The van der Waals surface area contributed by atoms with E-state index in [4.69, 9.17) is 9.40 Å². The maximum absolute atomic E-state index is 13.7. The molecule has 2 aliphatic rings. The van der Waals surface area contributed by atoms with Crippen LogP contribution in [-0.2, 0) is 11.3 Å². The minimum atomic E-state index is -0.0628. The van der Waals surface area contributed by atoms with Gasteiger partial charge in [-0.1, -0.05) is 0 Å². The van der Waals surface area contributed by atoms with Crippen molar-refractivity contribution in [3.05, 3.63) is 66.5 Å². The van der Waals surface area contributed by atoms with Crippen LogP contribution in [0.3, 0.4) is 0 Å². The van der Waals surface area contributed by atoms with E-state index in [-0.39, 0.29) is 11.8 Å². The molecule has 1 saturated heterocycles. The molecule has 6 rings (SSSR count). The highest BCUT2D eigenvalue weighted by molar-refractivity contribution is 6.06. The Kier molecular flexibility index (Phi) is 5.94. The van der Waals surface area contributed by atoms with Gasteiger partial charge in [0, 0.05) is 50.2 Å². The fourth-order valence-electron chi connectivity index (χ4n) is 4.54. The van der Waals surface area contributed by atoms with E-state index in [1.807, 2.05) is 35.2 Å². The van der Waals surface area contributed by atoms with E-state index in [2.05, 4.69) is 20.3 Å². The first kappa shape index (κ1) is 22.4. The molecule has 1 saturated carbocycles. The van der Waals surface area contributed by atoms with Gasteiger partial charge in [0.25, 0.3) is 5.91 Å². The Balaban J connectivity index is 1.26. The largest absolute Gasteiger partial charge is 0.467 e. The third-order valence-corrected chi connectivity index (χ3v) is 6.65. The highest BCUT2D eigenvalue weighted by atomic mass is 16.3. The lowest BCUT2D eigenvalue weighted by atomic mass is 10.1. The average molecular weight is 486 g/mol. The number of hydrogen-bond acceptors (Lipinski definition) is 7. The maximum Gasteiger partial charge on any atom is 0.254 e. The van der Waals surface area contributed by atoms with E-state index >= 15 is 0 Å². The Hall–Kier alpha value is -4.05. The van der Waals surface area contributed by atoms with Crippen LogP contribution in [0.15, 0.2) is 59.6 Å². The zero-order valence-corrected chi connectivity index (χ0v) is 19.8. The summed E-state index contributed by atoms with van der Waals surface area (Å²) in [5.74, 6) is 0.758. The van der Waals surface area contributed by atoms with Gasteiger partial charge in [-0.15, -0.1) is 0 Å². The number of nitrogens with one attached hydrogen (secondary N) is 1. The monoisotopic (exact) mass is 485 g/mol. The van der Waals surface area contributed by atoms with Crippen LogP contribution in [0.5, 0.6) is 0 Å². The van der Waals surface area contributed by atoms with Crippen LogP contribution in [0.1, 0.15) is 29.0 Å². The van der Waals surface area contributed by atoms with Crippen molar-refractivity contribution in [2.24, 2.45) is 0 Å². The van der Waals surface area contributed by atoms with Gasteiger partial charge in [-0.05, 0) is 43.2 Å². The molecule has 1 N–H and O–H groups in total. The third kappa shape index (κ3) is 4.72. The van der Waals surface area contributed by atoms with E-state index in [0.717, 1.165) is 24.2 Å². The second kappa shape index (κ2) is 9.54. The van der Waals surface area contributed by atoms with Gasteiger partial charge in [0.05, 0.1) is 35.6 Å². The summed E-state index contributed by atoms with van der Waals surface area (Å²) in [6.45, 7) is 3.22. The van der Waals surface area contributed by atoms with Gasteiger partial charge in [-0.25, -0.2) is 9.67 Å². The van der Waals surface area contributed by atoms with Crippen LogP contribution in [0.25, 0.3) is 22.3 Å². The van der Waals surface area contributed by atoms with Gasteiger partial charge in [-0.3, -0.25) is 19.5 Å². The highest BCUT2D eigenvalue weighted by Crippen LogP contribution is 2.26. The van der Waals surface area contributed by atoms with Gasteiger partial charge < -0.3 is 14.6 Å². The zero-order valence-electron chi connectivity index (χ0n) is 19.8. The fraction of sp³-hybridized carbons (Fsp3) is 0.346. The second-order valence-electron chi connectivity index (χ2n) is 9.33. The number of amides is 2. The molecule has 184 valence electrons. The second-order valence-corrected chi connectivity index (χ2v) is 9.33. The number of nitrogens with zero attached hydrogens (tertiary/aromatic N) is 6. The standard InChI is InChI=1S/C26H27N7O3/c34-24(29-19-5-6-19)17-31-8-10-32(11-9-31)26(35)21-13-23(18-3-1-7-27-14-18)30-25-22(21)15-28-33(25)16-20-4-2-12-36-20/h1-4,7,12-15,19H,5-6,8-11,16-17H2,(H,29,34).